The Kier molecular flexibility index (Phi) is 4.29. The minimum absolute atomic E-state index is 0.0284. The second-order valence-corrected chi connectivity index (χ2v) is 5.80. The standard InChI is InChI=1S/C16H20N4O3/c1-12-8-19(14(10-23-12)13-6-4-3-5-7-13)15(21)9-20-16(22)18(2)11-17-20/h3-7,11-12,14H,8-10H2,1-2H3/t12-,14-/m0/s1. The summed E-state index contributed by atoms with van der Waals surface area (Å²) < 4.78 is 8.26. The number of morpholine rings is 1. The number of carbonyl (C=O) groups is 1. The molecule has 1 aliphatic rings. The average molecular weight is 316 g/mol. The predicted octanol–water partition coefficient (Wildman–Crippen LogP) is 0.570. The van der Waals surface area contributed by atoms with Crippen LogP contribution >= 0.6 is 0 Å². The monoisotopic (exact) mass is 316 g/mol. The lowest BCUT2D eigenvalue weighted by molar-refractivity contribution is -0.145. The predicted molar refractivity (Wildman–Crippen MR) is 83.8 cm³/mol. The molecule has 7 nitrogen and oxygen atoms in total. The van der Waals surface area contributed by atoms with E-state index in [0.717, 1.165) is 5.56 Å². The molecule has 0 spiro atoms. The number of amides is 1. The second-order valence-electron chi connectivity index (χ2n) is 5.80. The van der Waals surface area contributed by atoms with Crippen LogP contribution in [0.25, 0.3) is 0 Å². The van der Waals surface area contributed by atoms with E-state index in [1.54, 1.807) is 11.9 Å². The molecule has 0 unspecified atom stereocenters. The third kappa shape index (κ3) is 3.19. The Balaban J connectivity index is 1.83. The summed E-state index contributed by atoms with van der Waals surface area (Å²) in [5, 5.41) is 3.96. The van der Waals surface area contributed by atoms with Gasteiger partial charge in [-0.15, -0.1) is 0 Å². The van der Waals surface area contributed by atoms with Crippen molar-refractivity contribution in [1.82, 2.24) is 19.2 Å². The number of aromatic nitrogens is 3. The number of benzene rings is 1. The van der Waals surface area contributed by atoms with Gasteiger partial charge in [-0.1, -0.05) is 30.3 Å². The molecule has 122 valence electrons. The smallest absolute Gasteiger partial charge is 0.345 e. The van der Waals surface area contributed by atoms with E-state index < -0.39 is 0 Å². The topological polar surface area (TPSA) is 69.4 Å². The summed E-state index contributed by atoms with van der Waals surface area (Å²) in [6.45, 7) is 2.83. The zero-order valence-electron chi connectivity index (χ0n) is 13.3. The highest BCUT2D eigenvalue weighted by molar-refractivity contribution is 5.76. The van der Waals surface area contributed by atoms with E-state index >= 15 is 0 Å². The molecular formula is C16H20N4O3. The van der Waals surface area contributed by atoms with Crippen LogP contribution in [0.15, 0.2) is 41.5 Å². The van der Waals surface area contributed by atoms with E-state index in [0.29, 0.717) is 13.2 Å². The molecule has 1 aliphatic heterocycles. The number of nitrogens with zero attached hydrogens (tertiary/aromatic N) is 4. The summed E-state index contributed by atoms with van der Waals surface area (Å²) in [6, 6.07) is 9.65. The van der Waals surface area contributed by atoms with Gasteiger partial charge in [0, 0.05) is 13.6 Å². The number of ether oxygens (including phenoxy) is 1. The highest BCUT2D eigenvalue weighted by atomic mass is 16.5. The molecule has 1 aromatic heterocycles. The molecule has 0 saturated carbocycles. The Morgan fingerprint density at radius 3 is 2.74 bits per heavy atom. The van der Waals surface area contributed by atoms with Crippen molar-refractivity contribution in [2.75, 3.05) is 13.2 Å². The largest absolute Gasteiger partial charge is 0.374 e. The number of carbonyl (C=O) groups excluding carboxylic acids is 1. The zero-order chi connectivity index (χ0) is 16.4. The van der Waals surface area contributed by atoms with Crippen molar-refractivity contribution in [3.05, 3.63) is 52.7 Å². The van der Waals surface area contributed by atoms with Crippen LogP contribution in [-0.2, 0) is 23.1 Å². The molecule has 2 heterocycles. The lowest BCUT2D eigenvalue weighted by Gasteiger charge is -2.39. The molecule has 1 aromatic carbocycles. The van der Waals surface area contributed by atoms with Gasteiger partial charge in [-0.05, 0) is 12.5 Å². The summed E-state index contributed by atoms with van der Waals surface area (Å²) in [5.41, 5.74) is 0.733. The number of aryl methyl sites for hydroxylation is 1. The first-order chi connectivity index (χ1) is 11.1. The van der Waals surface area contributed by atoms with Crippen molar-refractivity contribution in [1.29, 1.82) is 0 Å². The Bertz CT molecular complexity index is 737. The minimum Gasteiger partial charge on any atom is -0.374 e. The van der Waals surface area contributed by atoms with Crippen LogP contribution in [-0.4, -0.2) is 44.4 Å². The molecule has 0 bridgehead atoms. The van der Waals surface area contributed by atoms with Gasteiger partial charge in [-0.3, -0.25) is 9.36 Å². The molecule has 3 rings (SSSR count). The van der Waals surface area contributed by atoms with Gasteiger partial charge in [0.15, 0.2) is 0 Å². The molecule has 0 N–H and O–H groups in total. The van der Waals surface area contributed by atoms with Crippen LogP contribution in [0.3, 0.4) is 0 Å². The highest BCUT2D eigenvalue weighted by Gasteiger charge is 2.31. The Morgan fingerprint density at radius 1 is 1.35 bits per heavy atom. The van der Waals surface area contributed by atoms with Gasteiger partial charge in [-0.25, -0.2) is 9.48 Å². The van der Waals surface area contributed by atoms with Crippen molar-refractivity contribution in [3.8, 4) is 0 Å². The van der Waals surface area contributed by atoms with Gasteiger partial charge in [0.05, 0.1) is 18.8 Å². The normalized spacial score (nSPS) is 21.4. The van der Waals surface area contributed by atoms with Gasteiger partial charge in [0.1, 0.15) is 12.9 Å². The zero-order valence-corrected chi connectivity index (χ0v) is 13.3. The van der Waals surface area contributed by atoms with Crippen LogP contribution in [0, 0.1) is 0 Å². The van der Waals surface area contributed by atoms with Crippen LogP contribution in [0.1, 0.15) is 18.5 Å². The molecular weight excluding hydrogens is 296 g/mol. The van der Waals surface area contributed by atoms with Crippen molar-refractivity contribution >= 4 is 5.91 Å². The minimum atomic E-state index is -0.295. The van der Waals surface area contributed by atoms with Gasteiger partial charge >= 0.3 is 5.69 Å². The van der Waals surface area contributed by atoms with E-state index in [4.69, 9.17) is 4.74 Å². The first kappa shape index (κ1) is 15.5. The van der Waals surface area contributed by atoms with Crippen molar-refractivity contribution < 1.29 is 9.53 Å². The third-order valence-corrected chi connectivity index (χ3v) is 4.05. The number of rotatable bonds is 3. The SMILES string of the molecule is C[C@H]1CN(C(=O)Cn2ncn(C)c2=O)[C@H](c2ccccc2)CO1. The fraction of sp³-hybridized carbons (Fsp3) is 0.438. The quantitative estimate of drug-likeness (QED) is 0.830. The number of hydrogen-bond acceptors (Lipinski definition) is 4. The van der Waals surface area contributed by atoms with E-state index in [1.165, 1.54) is 15.6 Å². The van der Waals surface area contributed by atoms with Gasteiger partial charge in [0.2, 0.25) is 5.91 Å². The summed E-state index contributed by atoms with van der Waals surface area (Å²) in [5.74, 6) is -0.130. The maximum absolute atomic E-state index is 12.7. The molecule has 0 radical (unpaired) electrons. The van der Waals surface area contributed by atoms with Crippen molar-refractivity contribution in [2.45, 2.75) is 25.6 Å². The Labute approximate surface area is 134 Å². The van der Waals surface area contributed by atoms with E-state index in [-0.39, 0.29) is 30.3 Å². The van der Waals surface area contributed by atoms with E-state index in [1.807, 2.05) is 37.3 Å². The molecule has 2 atom stereocenters. The molecule has 23 heavy (non-hydrogen) atoms. The van der Waals surface area contributed by atoms with Crippen LogP contribution in [0.5, 0.6) is 0 Å². The van der Waals surface area contributed by atoms with Crippen LogP contribution < -0.4 is 5.69 Å². The van der Waals surface area contributed by atoms with Crippen molar-refractivity contribution in [2.24, 2.45) is 7.05 Å². The van der Waals surface area contributed by atoms with Gasteiger partial charge in [-0.2, -0.15) is 5.10 Å². The Morgan fingerprint density at radius 2 is 2.09 bits per heavy atom. The molecule has 7 heteroatoms. The molecule has 0 aliphatic carbocycles. The summed E-state index contributed by atoms with van der Waals surface area (Å²) >= 11 is 0. The van der Waals surface area contributed by atoms with Gasteiger partial charge < -0.3 is 9.64 Å². The maximum atomic E-state index is 12.7. The first-order valence-electron chi connectivity index (χ1n) is 7.60. The molecule has 2 aromatic rings. The summed E-state index contributed by atoms with van der Waals surface area (Å²) in [7, 11) is 1.61. The Hall–Kier alpha value is -2.41. The number of hydrogen-bond donors (Lipinski definition) is 0. The fourth-order valence-electron chi connectivity index (χ4n) is 2.78. The fourth-order valence-corrected chi connectivity index (χ4v) is 2.78. The summed E-state index contributed by atoms with van der Waals surface area (Å²) in [4.78, 5) is 26.4. The van der Waals surface area contributed by atoms with E-state index in [9.17, 15) is 9.59 Å². The van der Waals surface area contributed by atoms with Crippen molar-refractivity contribution in [3.63, 3.8) is 0 Å². The first-order valence-corrected chi connectivity index (χ1v) is 7.60. The highest BCUT2D eigenvalue weighted by Crippen LogP contribution is 2.26. The second kappa shape index (κ2) is 6.37. The average Bonchev–Trinajstić information content (AvgIpc) is 2.87. The lowest BCUT2D eigenvalue weighted by atomic mass is 10.0. The maximum Gasteiger partial charge on any atom is 0.345 e. The van der Waals surface area contributed by atoms with Gasteiger partial charge in [0.25, 0.3) is 0 Å². The molecule has 1 fully saturated rings. The van der Waals surface area contributed by atoms with E-state index in [2.05, 4.69) is 5.10 Å². The molecule has 1 amide bonds. The van der Waals surface area contributed by atoms with Crippen LogP contribution in [0.2, 0.25) is 0 Å². The van der Waals surface area contributed by atoms with Crippen LogP contribution in [0.4, 0.5) is 0 Å². The third-order valence-electron chi connectivity index (χ3n) is 4.05. The lowest BCUT2D eigenvalue weighted by Crippen LogP contribution is -2.48. The molecule has 1 saturated heterocycles. The summed E-state index contributed by atoms with van der Waals surface area (Å²) in [6.07, 6.45) is 1.38.